The van der Waals surface area contributed by atoms with Crippen molar-refractivity contribution in [3.8, 4) is 0 Å². The van der Waals surface area contributed by atoms with Gasteiger partial charge in [-0.15, -0.1) is 0 Å². The molecule has 1 rings (SSSR count). The molecule has 0 heterocycles. The molecule has 0 bridgehead atoms. The molecule has 0 aliphatic rings. The zero-order chi connectivity index (χ0) is 11.1. The van der Waals surface area contributed by atoms with Gasteiger partial charge in [0.2, 0.25) is 0 Å². The first-order valence-corrected chi connectivity index (χ1v) is 6.69. The van der Waals surface area contributed by atoms with Gasteiger partial charge in [-0.1, -0.05) is 31.9 Å². The summed E-state index contributed by atoms with van der Waals surface area (Å²) in [4.78, 5) is 0. The number of rotatable bonds is 6. The second-order valence-corrected chi connectivity index (χ2v) is 5.27. The molecule has 1 aromatic carbocycles. The third-order valence-corrected chi connectivity index (χ3v) is 3.38. The molecule has 0 amide bonds. The van der Waals surface area contributed by atoms with Crippen LogP contribution in [0.5, 0.6) is 0 Å². The van der Waals surface area contributed by atoms with Gasteiger partial charge in [0, 0.05) is 10.2 Å². The van der Waals surface area contributed by atoms with Gasteiger partial charge in [-0.3, -0.25) is 0 Å². The molecule has 0 radical (unpaired) electrons. The number of hydrogen-bond acceptors (Lipinski definition) is 1. The van der Waals surface area contributed by atoms with Crippen LogP contribution < -0.4 is 0 Å². The first kappa shape index (κ1) is 13.0. The van der Waals surface area contributed by atoms with Crippen LogP contribution in [0.3, 0.4) is 0 Å². The Balaban J connectivity index is 2.47. The van der Waals surface area contributed by atoms with Crippen LogP contribution in [-0.4, -0.2) is 11.7 Å². The molecule has 84 valence electrons. The molecule has 1 nitrogen and oxygen atoms in total. The van der Waals surface area contributed by atoms with Gasteiger partial charge >= 0.3 is 0 Å². The van der Waals surface area contributed by atoms with Gasteiger partial charge in [-0.25, -0.2) is 0 Å². The van der Waals surface area contributed by atoms with Gasteiger partial charge < -0.3 is 5.11 Å². The van der Waals surface area contributed by atoms with Crippen LogP contribution in [-0.2, 0) is 6.42 Å². The molecule has 0 aromatic heterocycles. The SMILES string of the molecule is CCCC[C@H](CO)Cc1ccc(I)cc1. The van der Waals surface area contributed by atoms with Crippen LogP contribution in [0.15, 0.2) is 24.3 Å². The molecule has 0 saturated carbocycles. The second kappa shape index (κ2) is 7.23. The maximum atomic E-state index is 9.27. The molecule has 1 N–H and O–H groups in total. The van der Waals surface area contributed by atoms with Crippen molar-refractivity contribution in [2.45, 2.75) is 32.6 Å². The fraction of sp³-hybridized carbons (Fsp3) is 0.538. The fourth-order valence-electron chi connectivity index (χ4n) is 1.70. The van der Waals surface area contributed by atoms with Crippen molar-refractivity contribution in [3.05, 3.63) is 33.4 Å². The Hall–Kier alpha value is -0.0900. The van der Waals surface area contributed by atoms with Gasteiger partial charge in [0.15, 0.2) is 0 Å². The largest absolute Gasteiger partial charge is 0.396 e. The number of unbranched alkanes of at least 4 members (excludes halogenated alkanes) is 1. The molecule has 0 saturated heterocycles. The summed E-state index contributed by atoms with van der Waals surface area (Å²) in [6, 6.07) is 8.58. The number of halogens is 1. The van der Waals surface area contributed by atoms with Crippen LogP contribution in [0.4, 0.5) is 0 Å². The topological polar surface area (TPSA) is 20.2 Å². The minimum Gasteiger partial charge on any atom is -0.396 e. The predicted molar refractivity (Wildman–Crippen MR) is 73.0 cm³/mol. The molecule has 0 aliphatic carbocycles. The molecule has 0 aliphatic heterocycles. The first-order chi connectivity index (χ1) is 7.26. The van der Waals surface area contributed by atoms with Gasteiger partial charge in [0.05, 0.1) is 0 Å². The summed E-state index contributed by atoms with van der Waals surface area (Å²) in [6.45, 7) is 2.51. The van der Waals surface area contributed by atoms with E-state index in [9.17, 15) is 5.11 Å². The summed E-state index contributed by atoms with van der Waals surface area (Å²) < 4.78 is 1.27. The maximum absolute atomic E-state index is 9.27. The molecular formula is C13H19IO. The lowest BCUT2D eigenvalue weighted by atomic mass is 9.95. The molecule has 0 spiro atoms. The Morgan fingerprint density at radius 3 is 2.47 bits per heavy atom. The molecule has 15 heavy (non-hydrogen) atoms. The Morgan fingerprint density at radius 2 is 1.93 bits per heavy atom. The summed E-state index contributed by atoms with van der Waals surface area (Å²) in [6.07, 6.45) is 4.57. The van der Waals surface area contributed by atoms with E-state index >= 15 is 0 Å². The average molecular weight is 318 g/mol. The predicted octanol–water partition coefficient (Wildman–Crippen LogP) is 3.63. The highest BCUT2D eigenvalue weighted by molar-refractivity contribution is 14.1. The van der Waals surface area contributed by atoms with Crippen LogP contribution in [0, 0.1) is 9.49 Å². The molecule has 1 aromatic rings. The average Bonchev–Trinajstić information content (AvgIpc) is 2.27. The van der Waals surface area contributed by atoms with E-state index in [1.54, 1.807) is 0 Å². The fourth-order valence-corrected chi connectivity index (χ4v) is 2.06. The Labute approximate surface area is 106 Å². The minimum absolute atomic E-state index is 0.311. The number of aliphatic hydroxyl groups excluding tert-OH is 1. The van der Waals surface area contributed by atoms with E-state index in [1.807, 2.05) is 0 Å². The van der Waals surface area contributed by atoms with E-state index in [0.717, 1.165) is 12.8 Å². The number of hydrogen-bond donors (Lipinski definition) is 1. The summed E-state index contributed by atoms with van der Waals surface area (Å²) in [5.74, 6) is 0.435. The zero-order valence-corrected chi connectivity index (χ0v) is 11.4. The Bertz CT molecular complexity index is 268. The van der Waals surface area contributed by atoms with Crippen molar-refractivity contribution >= 4 is 22.6 Å². The van der Waals surface area contributed by atoms with E-state index in [0.29, 0.717) is 12.5 Å². The Kier molecular flexibility index (Phi) is 6.25. The lowest BCUT2D eigenvalue weighted by Gasteiger charge is -2.13. The zero-order valence-electron chi connectivity index (χ0n) is 9.25. The highest BCUT2D eigenvalue weighted by Crippen LogP contribution is 2.16. The third kappa shape index (κ3) is 4.98. The second-order valence-electron chi connectivity index (χ2n) is 4.02. The quantitative estimate of drug-likeness (QED) is 0.794. The molecule has 0 fully saturated rings. The van der Waals surface area contributed by atoms with Crippen molar-refractivity contribution in [1.82, 2.24) is 0 Å². The highest BCUT2D eigenvalue weighted by atomic mass is 127. The van der Waals surface area contributed by atoms with Crippen molar-refractivity contribution in [1.29, 1.82) is 0 Å². The van der Waals surface area contributed by atoms with E-state index < -0.39 is 0 Å². The molecule has 0 unspecified atom stereocenters. The van der Waals surface area contributed by atoms with Crippen molar-refractivity contribution < 1.29 is 5.11 Å². The Morgan fingerprint density at radius 1 is 1.27 bits per heavy atom. The van der Waals surface area contributed by atoms with E-state index in [-0.39, 0.29) is 0 Å². The summed E-state index contributed by atoms with van der Waals surface area (Å²) in [5.41, 5.74) is 1.34. The van der Waals surface area contributed by atoms with Crippen molar-refractivity contribution in [2.24, 2.45) is 5.92 Å². The van der Waals surface area contributed by atoms with Gasteiger partial charge in [0.1, 0.15) is 0 Å². The van der Waals surface area contributed by atoms with Crippen LogP contribution in [0.2, 0.25) is 0 Å². The molecular weight excluding hydrogens is 299 g/mol. The third-order valence-electron chi connectivity index (χ3n) is 2.66. The van der Waals surface area contributed by atoms with E-state index in [1.165, 1.54) is 22.0 Å². The maximum Gasteiger partial charge on any atom is 0.0462 e. The normalized spacial score (nSPS) is 12.7. The number of aliphatic hydroxyl groups is 1. The minimum atomic E-state index is 0.311. The summed E-state index contributed by atoms with van der Waals surface area (Å²) >= 11 is 2.31. The van der Waals surface area contributed by atoms with E-state index in [4.69, 9.17) is 0 Å². The van der Waals surface area contributed by atoms with Crippen molar-refractivity contribution in [3.63, 3.8) is 0 Å². The van der Waals surface area contributed by atoms with Crippen LogP contribution >= 0.6 is 22.6 Å². The van der Waals surface area contributed by atoms with Gasteiger partial charge in [0.25, 0.3) is 0 Å². The smallest absolute Gasteiger partial charge is 0.0462 e. The highest BCUT2D eigenvalue weighted by Gasteiger charge is 2.07. The van der Waals surface area contributed by atoms with Crippen molar-refractivity contribution in [2.75, 3.05) is 6.61 Å². The lowest BCUT2D eigenvalue weighted by molar-refractivity contribution is 0.215. The van der Waals surface area contributed by atoms with Gasteiger partial charge in [-0.2, -0.15) is 0 Å². The van der Waals surface area contributed by atoms with Crippen LogP contribution in [0.25, 0.3) is 0 Å². The van der Waals surface area contributed by atoms with E-state index in [2.05, 4.69) is 53.8 Å². The monoisotopic (exact) mass is 318 g/mol. The van der Waals surface area contributed by atoms with Crippen LogP contribution in [0.1, 0.15) is 31.7 Å². The summed E-state index contributed by atoms with van der Waals surface area (Å²) in [5, 5.41) is 9.27. The van der Waals surface area contributed by atoms with Gasteiger partial charge in [-0.05, 0) is 59.0 Å². The number of benzene rings is 1. The molecule has 2 heteroatoms. The molecule has 1 atom stereocenters. The summed E-state index contributed by atoms with van der Waals surface area (Å²) in [7, 11) is 0. The first-order valence-electron chi connectivity index (χ1n) is 5.61. The standard InChI is InChI=1S/C13H19IO/c1-2-3-4-12(10-15)9-11-5-7-13(14)8-6-11/h5-8,12,15H,2-4,9-10H2,1H3/t12-/m0/s1. The lowest BCUT2D eigenvalue weighted by Crippen LogP contribution is -2.09.